The van der Waals surface area contributed by atoms with Gasteiger partial charge >= 0.3 is 18.1 Å². The standard InChI is InChI=1S/C44H54N8O10/c1-26(53)28-17-19-30(20-18-28)48-42(60)46-21-11-10-16-33(39(57)51-36(24-37(54)55)41(59)50-34(38(45)56)22-27-12-6-5-7-13-27)49-40(58)35(52-43(61)62-44(2,3)4)23-29-25-47-32-15-9-8-14-31(29)32/h5-9,12-15,17-20,25,33-36,47H,10-11,16,21-24H2,1-4H3,(H2,45,56)(H,49,58)(H,50,59)(H,51,57)(H,52,61)(H,54,55)(H2,46,48,60)/t33-,34-,35-,36-/m0/s1. The van der Waals surface area contributed by atoms with Gasteiger partial charge in [0.15, 0.2) is 5.78 Å². The molecule has 330 valence electrons. The van der Waals surface area contributed by atoms with Crippen LogP contribution in [0.25, 0.3) is 10.9 Å². The number of hydrogen-bond acceptors (Lipinski definition) is 9. The van der Waals surface area contributed by atoms with Crippen LogP contribution in [0.3, 0.4) is 0 Å². The molecule has 10 N–H and O–H groups in total. The molecule has 0 saturated heterocycles. The van der Waals surface area contributed by atoms with Crippen LogP contribution in [0.5, 0.6) is 0 Å². The van der Waals surface area contributed by atoms with E-state index in [1.807, 2.05) is 24.3 Å². The number of amides is 7. The third-order valence-corrected chi connectivity index (χ3v) is 9.45. The average molecular weight is 855 g/mol. The molecule has 4 aromatic rings. The zero-order valence-corrected chi connectivity index (χ0v) is 35.0. The summed E-state index contributed by atoms with van der Waals surface area (Å²) in [4.78, 5) is 106. The Balaban J connectivity index is 1.53. The maximum Gasteiger partial charge on any atom is 0.408 e. The maximum atomic E-state index is 14.1. The number of ketones is 1. The number of urea groups is 1. The number of carboxylic acids is 1. The molecule has 4 rings (SSSR count). The predicted molar refractivity (Wildman–Crippen MR) is 230 cm³/mol. The SMILES string of the molecule is CC(=O)c1ccc(NC(=O)NCCCC[C@H](NC(=O)[C@H](Cc2c[nH]c3ccccc23)NC(=O)OC(C)(C)C)C(=O)N[C@@H](CC(=O)O)C(=O)N[C@@H](Cc2ccccc2)C(N)=O)cc1. The second-order valence-electron chi connectivity index (χ2n) is 15.6. The zero-order chi connectivity index (χ0) is 45.4. The van der Waals surface area contributed by atoms with Crippen molar-refractivity contribution in [2.75, 3.05) is 11.9 Å². The van der Waals surface area contributed by atoms with Gasteiger partial charge in [-0.15, -0.1) is 0 Å². The monoisotopic (exact) mass is 854 g/mol. The minimum Gasteiger partial charge on any atom is -0.481 e. The van der Waals surface area contributed by atoms with E-state index in [2.05, 4.69) is 36.9 Å². The largest absolute Gasteiger partial charge is 0.481 e. The molecule has 0 aliphatic heterocycles. The first kappa shape index (κ1) is 47.4. The third-order valence-electron chi connectivity index (χ3n) is 9.45. The fourth-order valence-corrected chi connectivity index (χ4v) is 6.36. The molecule has 0 aliphatic carbocycles. The normalized spacial score (nSPS) is 13.0. The summed E-state index contributed by atoms with van der Waals surface area (Å²) in [6.45, 7) is 6.54. The molecule has 0 saturated carbocycles. The van der Waals surface area contributed by atoms with Crippen molar-refractivity contribution in [3.05, 3.63) is 102 Å². The van der Waals surface area contributed by atoms with E-state index in [1.54, 1.807) is 81.6 Å². The summed E-state index contributed by atoms with van der Waals surface area (Å²) in [7, 11) is 0. The highest BCUT2D eigenvalue weighted by Gasteiger charge is 2.33. The molecule has 3 aromatic carbocycles. The second-order valence-corrected chi connectivity index (χ2v) is 15.6. The molecule has 18 heteroatoms. The van der Waals surface area contributed by atoms with Gasteiger partial charge in [0.1, 0.15) is 29.8 Å². The van der Waals surface area contributed by atoms with Gasteiger partial charge in [-0.2, -0.15) is 0 Å². The van der Waals surface area contributed by atoms with Gasteiger partial charge in [-0.25, -0.2) is 9.59 Å². The Morgan fingerprint density at radius 1 is 0.726 bits per heavy atom. The van der Waals surface area contributed by atoms with Crippen molar-refractivity contribution in [3.63, 3.8) is 0 Å². The number of fused-ring (bicyclic) bond motifs is 1. The number of alkyl carbamates (subject to hydrolysis) is 1. The van der Waals surface area contributed by atoms with Crippen molar-refractivity contribution < 1.29 is 48.2 Å². The van der Waals surface area contributed by atoms with E-state index >= 15 is 0 Å². The summed E-state index contributed by atoms with van der Waals surface area (Å²) in [5, 5.41) is 26.0. The van der Waals surface area contributed by atoms with Crippen LogP contribution >= 0.6 is 0 Å². The number of carbonyl (C=O) groups is 8. The lowest BCUT2D eigenvalue weighted by Gasteiger charge is -2.27. The number of aromatic nitrogens is 1. The number of aliphatic carboxylic acids is 1. The Labute approximate surface area is 358 Å². The molecule has 0 aliphatic rings. The van der Waals surface area contributed by atoms with Crippen molar-refractivity contribution in [1.29, 1.82) is 0 Å². The summed E-state index contributed by atoms with van der Waals surface area (Å²) < 4.78 is 5.44. The summed E-state index contributed by atoms with van der Waals surface area (Å²) >= 11 is 0. The Morgan fingerprint density at radius 3 is 1.98 bits per heavy atom. The number of para-hydroxylation sites is 1. The lowest BCUT2D eigenvalue weighted by atomic mass is 10.0. The molecule has 1 aromatic heterocycles. The first-order chi connectivity index (χ1) is 29.4. The lowest BCUT2D eigenvalue weighted by Crippen LogP contribution is -2.59. The molecule has 0 radical (unpaired) electrons. The number of H-pyrrole nitrogens is 1. The van der Waals surface area contributed by atoms with Gasteiger partial charge in [0.25, 0.3) is 0 Å². The first-order valence-electron chi connectivity index (χ1n) is 20.0. The number of nitrogens with two attached hydrogens (primary N) is 1. The Kier molecular flexibility index (Phi) is 17.1. The number of benzene rings is 3. The van der Waals surface area contributed by atoms with E-state index in [4.69, 9.17) is 10.5 Å². The quantitative estimate of drug-likeness (QED) is 0.0435. The summed E-state index contributed by atoms with van der Waals surface area (Å²) in [5.41, 5.74) is 7.74. The van der Waals surface area contributed by atoms with E-state index in [9.17, 15) is 43.5 Å². The molecule has 0 fully saturated rings. The van der Waals surface area contributed by atoms with Gasteiger partial charge in [-0.1, -0.05) is 48.5 Å². The second kappa shape index (κ2) is 22.4. The van der Waals surface area contributed by atoms with Crippen molar-refractivity contribution in [2.45, 2.75) is 96.0 Å². The minimum absolute atomic E-state index is 0.00496. The van der Waals surface area contributed by atoms with Gasteiger partial charge in [0, 0.05) is 47.7 Å². The van der Waals surface area contributed by atoms with Crippen LogP contribution < -0.4 is 37.6 Å². The van der Waals surface area contributed by atoms with Gasteiger partial charge in [-0.3, -0.25) is 28.8 Å². The molecule has 0 spiro atoms. The number of aromatic amines is 1. The number of carbonyl (C=O) groups excluding carboxylic acids is 7. The molecule has 7 amide bonds. The molecule has 0 bridgehead atoms. The van der Waals surface area contributed by atoms with Crippen LogP contribution in [0.4, 0.5) is 15.3 Å². The van der Waals surface area contributed by atoms with Gasteiger partial charge in [0.05, 0.1) is 6.42 Å². The number of anilines is 1. The van der Waals surface area contributed by atoms with E-state index in [-0.39, 0.29) is 38.0 Å². The number of unbranched alkanes of at least 4 members (excludes halogenated alkanes) is 1. The highest BCUT2D eigenvalue weighted by molar-refractivity contribution is 5.97. The fraction of sp³-hybridized carbons (Fsp3) is 0.364. The fourth-order valence-electron chi connectivity index (χ4n) is 6.36. The van der Waals surface area contributed by atoms with Crippen LogP contribution in [0.15, 0.2) is 85.1 Å². The zero-order valence-electron chi connectivity index (χ0n) is 35.0. The molecule has 0 unspecified atom stereocenters. The molecule has 18 nitrogen and oxygen atoms in total. The van der Waals surface area contributed by atoms with E-state index in [1.165, 1.54) is 6.92 Å². The number of primary amides is 1. The van der Waals surface area contributed by atoms with E-state index in [0.717, 1.165) is 10.9 Å². The molecule has 1 heterocycles. The van der Waals surface area contributed by atoms with Crippen LogP contribution in [0.2, 0.25) is 0 Å². The van der Waals surface area contributed by atoms with Crippen molar-refractivity contribution in [2.24, 2.45) is 5.73 Å². The van der Waals surface area contributed by atoms with Gasteiger partial charge < -0.3 is 52.5 Å². The molecule has 4 atom stereocenters. The number of Topliss-reactive ketones (excluding diaryl/α,β-unsaturated/α-hetero) is 1. The van der Waals surface area contributed by atoms with Crippen molar-refractivity contribution in [3.8, 4) is 0 Å². The van der Waals surface area contributed by atoms with Gasteiger partial charge in [0.2, 0.25) is 23.6 Å². The third kappa shape index (κ3) is 15.4. The number of carboxylic acid groups (broad SMARTS) is 1. The van der Waals surface area contributed by atoms with Crippen LogP contribution in [-0.4, -0.2) is 93.9 Å². The number of hydrogen-bond donors (Lipinski definition) is 9. The highest BCUT2D eigenvalue weighted by Crippen LogP contribution is 2.20. The number of rotatable bonds is 21. The highest BCUT2D eigenvalue weighted by atomic mass is 16.6. The van der Waals surface area contributed by atoms with Crippen LogP contribution in [-0.2, 0) is 41.6 Å². The van der Waals surface area contributed by atoms with Crippen LogP contribution in [0, 0.1) is 0 Å². The Bertz CT molecular complexity index is 2220. The van der Waals surface area contributed by atoms with Crippen molar-refractivity contribution in [1.82, 2.24) is 31.6 Å². The number of nitrogens with one attached hydrogen (secondary N) is 7. The molecule has 62 heavy (non-hydrogen) atoms. The first-order valence-corrected chi connectivity index (χ1v) is 20.0. The topological polar surface area (TPSA) is 280 Å². The average Bonchev–Trinajstić information content (AvgIpc) is 3.61. The van der Waals surface area contributed by atoms with Crippen LogP contribution in [0.1, 0.15) is 74.9 Å². The van der Waals surface area contributed by atoms with Crippen molar-refractivity contribution >= 4 is 64.1 Å². The predicted octanol–water partition coefficient (Wildman–Crippen LogP) is 3.46. The number of ether oxygens (including phenoxy) is 1. The molecular formula is C44H54N8O10. The lowest BCUT2D eigenvalue weighted by molar-refractivity contribution is -0.141. The maximum absolute atomic E-state index is 14.1. The Hall–Kier alpha value is -7.24. The van der Waals surface area contributed by atoms with E-state index < -0.39 is 77.9 Å². The molecular weight excluding hydrogens is 801 g/mol. The Morgan fingerprint density at radius 2 is 1.34 bits per heavy atom. The van der Waals surface area contributed by atoms with Gasteiger partial charge in [-0.05, 0) is 88.4 Å². The summed E-state index contributed by atoms with van der Waals surface area (Å²) in [6.07, 6.45) is 0.375. The minimum atomic E-state index is -1.70. The summed E-state index contributed by atoms with van der Waals surface area (Å²) in [5.74, 6) is -5.17. The van der Waals surface area contributed by atoms with E-state index in [0.29, 0.717) is 28.8 Å². The summed E-state index contributed by atoms with van der Waals surface area (Å²) in [6, 6.07) is 16.2. The smallest absolute Gasteiger partial charge is 0.408 e.